The minimum absolute atomic E-state index is 0.217. The van der Waals surface area contributed by atoms with Gasteiger partial charge in [0.1, 0.15) is 5.75 Å². The number of nitrogens with one attached hydrogen (secondary N) is 1. The summed E-state index contributed by atoms with van der Waals surface area (Å²) in [5, 5.41) is 3.29. The molecule has 3 nitrogen and oxygen atoms in total. The van der Waals surface area contributed by atoms with Crippen molar-refractivity contribution in [1.82, 2.24) is 0 Å². The molecule has 0 aliphatic rings. The van der Waals surface area contributed by atoms with E-state index < -0.39 is 0 Å². The zero-order chi connectivity index (χ0) is 15.9. The Kier molecular flexibility index (Phi) is 6.28. The van der Waals surface area contributed by atoms with Crippen LogP contribution in [0.2, 0.25) is 5.02 Å². The van der Waals surface area contributed by atoms with Crippen molar-refractivity contribution < 1.29 is 9.53 Å². The highest BCUT2D eigenvalue weighted by Crippen LogP contribution is 2.26. The van der Waals surface area contributed by atoms with Crippen LogP contribution in [0.25, 0.3) is 0 Å². The molecule has 2 aromatic rings. The average molecular weight is 383 g/mol. The van der Waals surface area contributed by atoms with Crippen molar-refractivity contribution in [2.24, 2.45) is 0 Å². The number of halogens is 2. The predicted octanol–water partition coefficient (Wildman–Crippen LogP) is 5.53. The highest BCUT2D eigenvalue weighted by atomic mass is 79.9. The molecule has 0 aromatic heterocycles. The van der Waals surface area contributed by atoms with E-state index in [1.165, 1.54) is 0 Å². The maximum atomic E-state index is 12.3. The normalized spacial score (nSPS) is 10.3. The van der Waals surface area contributed by atoms with E-state index in [-0.39, 0.29) is 5.91 Å². The minimum atomic E-state index is -0.217. The molecule has 5 heteroatoms. The van der Waals surface area contributed by atoms with E-state index in [0.717, 1.165) is 17.3 Å². The molecule has 2 rings (SSSR count). The molecule has 0 unspecified atom stereocenters. The van der Waals surface area contributed by atoms with Crippen LogP contribution in [-0.2, 0) is 0 Å². The van der Waals surface area contributed by atoms with E-state index >= 15 is 0 Å². The van der Waals surface area contributed by atoms with Crippen molar-refractivity contribution in [2.45, 2.75) is 19.8 Å². The fourth-order valence-electron chi connectivity index (χ4n) is 1.85. The van der Waals surface area contributed by atoms with Crippen LogP contribution in [0.1, 0.15) is 30.1 Å². The number of unbranched alkanes of at least 4 members (excludes halogenated alkanes) is 1. The van der Waals surface area contributed by atoms with Crippen molar-refractivity contribution in [1.29, 1.82) is 0 Å². The number of amides is 1. The fraction of sp³-hybridized carbons (Fsp3) is 0.235. The highest BCUT2D eigenvalue weighted by molar-refractivity contribution is 9.10. The van der Waals surface area contributed by atoms with E-state index in [0.29, 0.717) is 28.6 Å². The first-order valence-corrected chi connectivity index (χ1v) is 8.26. The molecule has 0 aliphatic carbocycles. The van der Waals surface area contributed by atoms with Gasteiger partial charge >= 0.3 is 0 Å². The monoisotopic (exact) mass is 381 g/mol. The van der Waals surface area contributed by atoms with Gasteiger partial charge in [-0.3, -0.25) is 4.79 Å². The minimum Gasteiger partial charge on any atom is -0.494 e. The lowest BCUT2D eigenvalue weighted by atomic mass is 10.2. The Morgan fingerprint density at radius 2 is 2.09 bits per heavy atom. The number of anilines is 1. The van der Waals surface area contributed by atoms with Crippen LogP contribution in [0.3, 0.4) is 0 Å². The Bertz CT molecular complexity index is 661. The lowest BCUT2D eigenvalue weighted by molar-refractivity contribution is 0.102. The summed E-state index contributed by atoms with van der Waals surface area (Å²) < 4.78 is 6.48. The second-order valence-electron chi connectivity index (χ2n) is 4.81. The first-order valence-electron chi connectivity index (χ1n) is 7.09. The van der Waals surface area contributed by atoms with Crippen LogP contribution >= 0.6 is 27.5 Å². The molecule has 0 atom stereocenters. The summed E-state index contributed by atoms with van der Waals surface area (Å²) in [6.07, 6.45) is 2.06. The first kappa shape index (κ1) is 16.8. The zero-order valence-electron chi connectivity index (χ0n) is 12.2. The Balaban J connectivity index is 2.07. The lowest BCUT2D eigenvalue weighted by Crippen LogP contribution is -2.12. The largest absolute Gasteiger partial charge is 0.494 e. The number of hydrogen-bond acceptors (Lipinski definition) is 2. The molecule has 1 amide bonds. The third kappa shape index (κ3) is 4.75. The van der Waals surface area contributed by atoms with Gasteiger partial charge in [0.2, 0.25) is 0 Å². The van der Waals surface area contributed by atoms with E-state index in [1.54, 1.807) is 30.3 Å². The SMILES string of the molecule is CCCCOc1cccc(C(=O)Nc2ccc(Br)cc2Cl)c1. The second kappa shape index (κ2) is 8.20. The van der Waals surface area contributed by atoms with E-state index in [4.69, 9.17) is 16.3 Å². The number of rotatable bonds is 6. The molecule has 0 heterocycles. The standard InChI is InChI=1S/C17H17BrClNO2/c1-2-3-9-22-14-6-4-5-12(10-14)17(21)20-16-8-7-13(18)11-15(16)19/h4-8,10-11H,2-3,9H2,1H3,(H,20,21). The third-order valence-corrected chi connectivity index (χ3v) is 3.85. The quantitative estimate of drug-likeness (QED) is 0.667. The Hall–Kier alpha value is -1.52. The van der Waals surface area contributed by atoms with Gasteiger partial charge in [0.05, 0.1) is 17.3 Å². The van der Waals surface area contributed by atoms with Crippen LogP contribution in [0, 0.1) is 0 Å². The van der Waals surface area contributed by atoms with Gasteiger partial charge in [0.15, 0.2) is 0 Å². The van der Waals surface area contributed by atoms with Crippen molar-refractivity contribution >= 4 is 39.1 Å². The summed E-state index contributed by atoms with van der Waals surface area (Å²) in [5.41, 5.74) is 1.11. The van der Waals surface area contributed by atoms with Gasteiger partial charge in [-0.15, -0.1) is 0 Å². The van der Waals surface area contributed by atoms with Crippen LogP contribution in [0.15, 0.2) is 46.9 Å². The van der Waals surface area contributed by atoms with Gasteiger partial charge < -0.3 is 10.1 Å². The Labute approximate surface area is 143 Å². The van der Waals surface area contributed by atoms with Crippen LogP contribution in [-0.4, -0.2) is 12.5 Å². The maximum absolute atomic E-state index is 12.3. The lowest BCUT2D eigenvalue weighted by Gasteiger charge is -2.09. The summed E-state index contributed by atoms with van der Waals surface area (Å²) >= 11 is 9.44. The molecule has 0 saturated heterocycles. The number of benzene rings is 2. The predicted molar refractivity (Wildman–Crippen MR) is 94.0 cm³/mol. The maximum Gasteiger partial charge on any atom is 0.255 e. The number of ether oxygens (including phenoxy) is 1. The Morgan fingerprint density at radius 3 is 2.82 bits per heavy atom. The van der Waals surface area contributed by atoms with Crippen molar-refractivity contribution in [3.63, 3.8) is 0 Å². The summed E-state index contributed by atoms with van der Waals surface area (Å²) in [6.45, 7) is 2.76. The molecule has 2 aromatic carbocycles. The summed E-state index contributed by atoms with van der Waals surface area (Å²) in [4.78, 5) is 12.3. The summed E-state index contributed by atoms with van der Waals surface area (Å²) in [7, 11) is 0. The van der Waals surface area contributed by atoms with Crippen LogP contribution < -0.4 is 10.1 Å². The number of carbonyl (C=O) groups excluding carboxylic acids is 1. The molecule has 0 saturated carbocycles. The molecule has 0 fully saturated rings. The van der Waals surface area contributed by atoms with E-state index in [9.17, 15) is 4.79 Å². The third-order valence-electron chi connectivity index (χ3n) is 3.04. The second-order valence-corrected chi connectivity index (χ2v) is 6.13. The Morgan fingerprint density at radius 1 is 1.27 bits per heavy atom. The molecule has 116 valence electrons. The van der Waals surface area contributed by atoms with Gasteiger partial charge in [0, 0.05) is 10.0 Å². The molecule has 22 heavy (non-hydrogen) atoms. The van der Waals surface area contributed by atoms with Gasteiger partial charge in [-0.25, -0.2) is 0 Å². The number of carbonyl (C=O) groups is 1. The summed E-state index contributed by atoms with van der Waals surface area (Å²) in [5.74, 6) is 0.480. The first-order chi connectivity index (χ1) is 10.6. The average Bonchev–Trinajstić information content (AvgIpc) is 2.50. The van der Waals surface area contributed by atoms with E-state index in [1.807, 2.05) is 12.1 Å². The van der Waals surface area contributed by atoms with Crippen molar-refractivity contribution in [2.75, 3.05) is 11.9 Å². The fourth-order valence-corrected chi connectivity index (χ4v) is 2.57. The summed E-state index contributed by atoms with van der Waals surface area (Å²) in [6, 6.07) is 12.4. The molecular formula is C17H17BrClNO2. The van der Waals surface area contributed by atoms with Crippen LogP contribution in [0.5, 0.6) is 5.75 Å². The molecule has 0 radical (unpaired) electrons. The molecule has 0 spiro atoms. The molecular weight excluding hydrogens is 366 g/mol. The van der Waals surface area contributed by atoms with Gasteiger partial charge in [-0.1, -0.05) is 46.9 Å². The number of hydrogen-bond donors (Lipinski definition) is 1. The molecule has 0 aliphatic heterocycles. The van der Waals surface area contributed by atoms with Crippen molar-refractivity contribution in [3.05, 3.63) is 57.5 Å². The van der Waals surface area contributed by atoms with Crippen LogP contribution in [0.4, 0.5) is 5.69 Å². The topological polar surface area (TPSA) is 38.3 Å². The van der Waals surface area contributed by atoms with Gasteiger partial charge in [0.25, 0.3) is 5.91 Å². The van der Waals surface area contributed by atoms with Crippen molar-refractivity contribution in [3.8, 4) is 5.75 Å². The van der Waals surface area contributed by atoms with E-state index in [2.05, 4.69) is 28.2 Å². The zero-order valence-corrected chi connectivity index (χ0v) is 14.6. The van der Waals surface area contributed by atoms with Gasteiger partial charge in [-0.2, -0.15) is 0 Å². The smallest absolute Gasteiger partial charge is 0.255 e. The van der Waals surface area contributed by atoms with Gasteiger partial charge in [-0.05, 0) is 42.8 Å². The molecule has 1 N–H and O–H groups in total. The molecule has 0 bridgehead atoms. The highest BCUT2D eigenvalue weighted by Gasteiger charge is 2.09.